The number of fused-ring (bicyclic) bond motifs is 1. The summed E-state index contributed by atoms with van der Waals surface area (Å²) in [4.78, 5) is 15.0. The van der Waals surface area contributed by atoms with Gasteiger partial charge in [0.25, 0.3) is 0 Å². The van der Waals surface area contributed by atoms with Gasteiger partial charge in [0, 0.05) is 11.6 Å². The van der Waals surface area contributed by atoms with Crippen LogP contribution in [0, 0.1) is 11.6 Å². The lowest BCUT2D eigenvalue weighted by atomic mass is 10.1. The number of carbonyl (C=O) groups excluding carboxylic acids is 1. The van der Waals surface area contributed by atoms with E-state index in [9.17, 15) is 13.6 Å². The third-order valence-electron chi connectivity index (χ3n) is 2.38. The average Bonchev–Trinajstić information content (AvgIpc) is 2.33. The normalized spacial score (nSPS) is 10.5. The molecular weight excluding hydrogens is 230 g/mol. The Labute approximate surface area is 95.0 Å². The lowest BCUT2D eigenvalue weighted by molar-refractivity contribution is 0.0601. The largest absolute Gasteiger partial charge is 0.465 e. The van der Waals surface area contributed by atoms with Crippen molar-refractivity contribution >= 4 is 22.6 Å². The standard InChI is InChI=1S/C11H8F2N2O2/c1-17-11(16)6-4-15-10-5(9(6)14)2-3-7(12)8(10)13/h2-4H,1H3,(H2,14,15). The number of nitrogens with two attached hydrogens (primary N) is 1. The third kappa shape index (κ3) is 1.67. The van der Waals surface area contributed by atoms with Gasteiger partial charge < -0.3 is 10.5 Å². The molecule has 0 bridgehead atoms. The summed E-state index contributed by atoms with van der Waals surface area (Å²) in [6.45, 7) is 0. The average molecular weight is 238 g/mol. The molecule has 0 spiro atoms. The number of esters is 1. The molecule has 17 heavy (non-hydrogen) atoms. The van der Waals surface area contributed by atoms with E-state index in [1.807, 2.05) is 0 Å². The number of hydrogen-bond donors (Lipinski definition) is 1. The second-order valence-electron chi connectivity index (χ2n) is 3.33. The fraction of sp³-hybridized carbons (Fsp3) is 0.0909. The van der Waals surface area contributed by atoms with Crippen molar-refractivity contribution in [3.8, 4) is 0 Å². The molecule has 2 N–H and O–H groups in total. The number of rotatable bonds is 1. The highest BCUT2D eigenvalue weighted by atomic mass is 19.2. The number of carbonyl (C=O) groups is 1. The van der Waals surface area contributed by atoms with Gasteiger partial charge in [0.05, 0.1) is 12.8 Å². The molecule has 0 radical (unpaired) electrons. The van der Waals surface area contributed by atoms with E-state index in [0.29, 0.717) is 0 Å². The second kappa shape index (κ2) is 3.97. The molecule has 0 saturated heterocycles. The summed E-state index contributed by atoms with van der Waals surface area (Å²) in [7, 11) is 1.19. The summed E-state index contributed by atoms with van der Waals surface area (Å²) in [6.07, 6.45) is 1.06. The molecule has 0 aliphatic rings. The van der Waals surface area contributed by atoms with E-state index in [2.05, 4.69) is 9.72 Å². The number of benzene rings is 1. The summed E-state index contributed by atoms with van der Waals surface area (Å²) in [6, 6.07) is 2.19. The Hall–Kier alpha value is -2.24. The molecule has 6 heteroatoms. The van der Waals surface area contributed by atoms with E-state index in [4.69, 9.17) is 5.73 Å². The van der Waals surface area contributed by atoms with Crippen molar-refractivity contribution in [2.75, 3.05) is 12.8 Å². The molecule has 0 unspecified atom stereocenters. The lowest BCUT2D eigenvalue weighted by Crippen LogP contribution is -2.07. The zero-order valence-corrected chi connectivity index (χ0v) is 8.83. The zero-order valence-electron chi connectivity index (χ0n) is 8.83. The molecule has 0 atom stereocenters. The second-order valence-corrected chi connectivity index (χ2v) is 3.33. The quantitative estimate of drug-likeness (QED) is 0.770. The van der Waals surface area contributed by atoms with Crippen LogP contribution in [-0.2, 0) is 4.74 Å². The van der Waals surface area contributed by atoms with Gasteiger partial charge in [0.1, 0.15) is 11.1 Å². The Morgan fingerprint density at radius 1 is 1.41 bits per heavy atom. The van der Waals surface area contributed by atoms with Crippen molar-refractivity contribution in [2.24, 2.45) is 0 Å². The summed E-state index contributed by atoms with van der Waals surface area (Å²) in [5.41, 5.74) is 5.51. The van der Waals surface area contributed by atoms with E-state index in [1.165, 1.54) is 13.2 Å². The molecule has 4 nitrogen and oxygen atoms in total. The van der Waals surface area contributed by atoms with Crippen LogP contribution in [0.15, 0.2) is 18.3 Å². The number of ether oxygens (including phenoxy) is 1. The van der Waals surface area contributed by atoms with E-state index >= 15 is 0 Å². The van der Waals surface area contributed by atoms with Crippen molar-refractivity contribution in [1.82, 2.24) is 4.98 Å². The molecule has 2 aromatic rings. The van der Waals surface area contributed by atoms with Crippen LogP contribution in [-0.4, -0.2) is 18.1 Å². The van der Waals surface area contributed by atoms with Crippen LogP contribution in [0.1, 0.15) is 10.4 Å². The van der Waals surface area contributed by atoms with Gasteiger partial charge in [0.15, 0.2) is 11.6 Å². The highest BCUT2D eigenvalue weighted by Gasteiger charge is 2.16. The number of aromatic nitrogens is 1. The fourth-order valence-electron chi connectivity index (χ4n) is 1.50. The SMILES string of the molecule is COC(=O)c1cnc2c(F)c(F)ccc2c1N. The predicted octanol–water partition coefficient (Wildman–Crippen LogP) is 1.88. The monoisotopic (exact) mass is 238 g/mol. The van der Waals surface area contributed by atoms with Gasteiger partial charge in [-0.3, -0.25) is 4.98 Å². The van der Waals surface area contributed by atoms with Crippen LogP contribution in [0.3, 0.4) is 0 Å². The minimum Gasteiger partial charge on any atom is -0.465 e. The summed E-state index contributed by atoms with van der Waals surface area (Å²) < 4.78 is 30.8. The van der Waals surface area contributed by atoms with Crippen LogP contribution in [0.2, 0.25) is 0 Å². The number of methoxy groups -OCH3 is 1. The van der Waals surface area contributed by atoms with E-state index < -0.39 is 17.6 Å². The maximum atomic E-state index is 13.4. The van der Waals surface area contributed by atoms with Crippen LogP contribution < -0.4 is 5.73 Å². The third-order valence-corrected chi connectivity index (χ3v) is 2.38. The number of nitrogens with zero attached hydrogens (tertiary/aromatic N) is 1. The smallest absolute Gasteiger partial charge is 0.341 e. The predicted molar refractivity (Wildman–Crippen MR) is 57.4 cm³/mol. The Bertz CT molecular complexity index is 614. The maximum Gasteiger partial charge on any atom is 0.341 e. The molecule has 0 aliphatic heterocycles. The lowest BCUT2D eigenvalue weighted by Gasteiger charge is -2.07. The first-order valence-electron chi connectivity index (χ1n) is 4.66. The van der Waals surface area contributed by atoms with Gasteiger partial charge in [-0.15, -0.1) is 0 Å². The van der Waals surface area contributed by atoms with Gasteiger partial charge in [-0.05, 0) is 12.1 Å². The van der Waals surface area contributed by atoms with E-state index in [0.717, 1.165) is 12.3 Å². The highest BCUT2D eigenvalue weighted by Crippen LogP contribution is 2.26. The molecule has 1 aromatic carbocycles. The van der Waals surface area contributed by atoms with Crippen molar-refractivity contribution in [2.45, 2.75) is 0 Å². The van der Waals surface area contributed by atoms with Crippen LogP contribution >= 0.6 is 0 Å². The number of halogens is 2. The van der Waals surface area contributed by atoms with Crippen LogP contribution in [0.25, 0.3) is 10.9 Å². The number of anilines is 1. The van der Waals surface area contributed by atoms with Gasteiger partial charge in [0.2, 0.25) is 0 Å². The molecule has 0 amide bonds. The minimum absolute atomic E-state index is 0.0146. The zero-order chi connectivity index (χ0) is 12.6. The maximum absolute atomic E-state index is 13.4. The molecule has 0 fully saturated rings. The first-order chi connectivity index (χ1) is 8.06. The Kier molecular flexibility index (Phi) is 2.63. The molecule has 1 heterocycles. The Morgan fingerprint density at radius 2 is 2.12 bits per heavy atom. The topological polar surface area (TPSA) is 65.2 Å². The minimum atomic E-state index is -1.09. The van der Waals surface area contributed by atoms with Crippen molar-refractivity contribution in [3.63, 3.8) is 0 Å². The van der Waals surface area contributed by atoms with Gasteiger partial charge in [-0.1, -0.05) is 0 Å². The van der Waals surface area contributed by atoms with E-state index in [-0.39, 0.29) is 22.2 Å². The molecular formula is C11H8F2N2O2. The molecule has 2 rings (SSSR count). The number of pyridine rings is 1. The van der Waals surface area contributed by atoms with Crippen molar-refractivity contribution in [3.05, 3.63) is 35.5 Å². The van der Waals surface area contributed by atoms with Crippen molar-refractivity contribution < 1.29 is 18.3 Å². The molecule has 0 aliphatic carbocycles. The number of nitrogen functional groups attached to an aromatic ring is 1. The van der Waals surface area contributed by atoms with E-state index in [1.54, 1.807) is 0 Å². The number of hydrogen-bond acceptors (Lipinski definition) is 4. The summed E-state index contributed by atoms with van der Waals surface area (Å²) >= 11 is 0. The summed E-state index contributed by atoms with van der Waals surface area (Å²) in [5.74, 6) is -2.79. The molecule has 88 valence electrons. The molecule has 0 saturated carbocycles. The van der Waals surface area contributed by atoms with Gasteiger partial charge in [-0.2, -0.15) is 0 Å². The van der Waals surface area contributed by atoms with Gasteiger partial charge >= 0.3 is 5.97 Å². The first kappa shape index (κ1) is 11.3. The summed E-state index contributed by atoms with van der Waals surface area (Å²) in [5, 5.41) is 0.173. The first-order valence-corrected chi connectivity index (χ1v) is 4.66. The van der Waals surface area contributed by atoms with Crippen molar-refractivity contribution in [1.29, 1.82) is 0 Å². The van der Waals surface area contributed by atoms with Crippen LogP contribution in [0.5, 0.6) is 0 Å². The van der Waals surface area contributed by atoms with Gasteiger partial charge in [-0.25, -0.2) is 13.6 Å². The Morgan fingerprint density at radius 3 is 2.76 bits per heavy atom. The highest BCUT2D eigenvalue weighted by molar-refractivity contribution is 6.03. The molecule has 1 aromatic heterocycles. The Balaban J connectivity index is 2.77. The fourth-order valence-corrected chi connectivity index (χ4v) is 1.50. The van der Waals surface area contributed by atoms with Crippen LogP contribution in [0.4, 0.5) is 14.5 Å².